The molecule has 0 spiro atoms. The van der Waals surface area contributed by atoms with Crippen molar-refractivity contribution in [3.8, 4) is 0 Å². The number of anilines is 1. The van der Waals surface area contributed by atoms with Crippen LogP contribution in [0.1, 0.15) is 18.9 Å². The van der Waals surface area contributed by atoms with Gasteiger partial charge in [0.1, 0.15) is 5.82 Å². The molecule has 0 amide bonds. The minimum atomic E-state index is -0.960. The van der Waals surface area contributed by atoms with Crippen LogP contribution in [0.3, 0.4) is 0 Å². The number of nitrogens with zero attached hydrogens (tertiary/aromatic N) is 2. The third kappa shape index (κ3) is 3.32. The molecule has 0 bridgehead atoms. The molecule has 102 valence electrons. The summed E-state index contributed by atoms with van der Waals surface area (Å²) in [6.07, 6.45) is 5.51. The van der Waals surface area contributed by atoms with Crippen molar-refractivity contribution in [1.29, 1.82) is 0 Å². The van der Waals surface area contributed by atoms with Gasteiger partial charge in [-0.1, -0.05) is 0 Å². The van der Waals surface area contributed by atoms with Gasteiger partial charge in [-0.2, -0.15) is 0 Å². The van der Waals surface area contributed by atoms with E-state index in [1.807, 2.05) is 19.2 Å². The molecular formula is C14H18N2O3. The molecule has 0 aromatic carbocycles. The fourth-order valence-electron chi connectivity index (χ4n) is 2.27. The Morgan fingerprint density at radius 2 is 2.37 bits per heavy atom. The molecule has 1 fully saturated rings. The number of aromatic nitrogens is 1. The topological polar surface area (TPSA) is 62.7 Å². The molecule has 2 atom stereocenters. The maximum Gasteiger partial charge on any atom is 0.328 e. The van der Waals surface area contributed by atoms with Crippen LogP contribution in [0.15, 0.2) is 24.4 Å². The van der Waals surface area contributed by atoms with E-state index in [1.165, 1.54) is 6.08 Å². The molecule has 19 heavy (non-hydrogen) atoms. The van der Waals surface area contributed by atoms with Crippen molar-refractivity contribution in [2.45, 2.75) is 25.5 Å². The molecule has 1 N–H and O–H groups in total. The van der Waals surface area contributed by atoms with E-state index < -0.39 is 5.97 Å². The zero-order valence-corrected chi connectivity index (χ0v) is 11.1. The van der Waals surface area contributed by atoms with E-state index in [9.17, 15) is 4.79 Å². The lowest BCUT2D eigenvalue weighted by molar-refractivity contribution is -0.131. The zero-order valence-electron chi connectivity index (χ0n) is 11.1. The molecule has 0 saturated carbocycles. The predicted octanol–water partition coefficient (Wildman–Crippen LogP) is 1.79. The first-order valence-electron chi connectivity index (χ1n) is 6.29. The molecule has 2 unspecified atom stereocenters. The standard InChI is InChI=1S/C14H18N2O3/c1-10-12(7-8-19-10)16(2)13-5-3-11(9-15-13)4-6-14(17)18/h3-6,9-10,12H,7-8H2,1-2H3,(H,17,18)/b6-4+. The second kappa shape index (κ2) is 5.84. The van der Waals surface area contributed by atoms with Gasteiger partial charge in [0.25, 0.3) is 0 Å². The molecular weight excluding hydrogens is 244 g/mol. The zero-order chi connectivity index (χ0) is 13.8. The van der Waals surface area contributed by atoms with Crippen LogP contribution >= 0.6 is 0 Å². The molecule has 1 saturated heterocycles. The number of likely N-dealkylation sites (N-methyl/N-ethyl adjacent to an activating group) is 1. The Morgan fingerprint density at radius 1 is 1.58 bits per heavy atom. The first kappa shape index (κ1) is 13.5. The first-order valence-corrected chi connectivity index (χ1v) is 6.29. The molecule has 1 aliphatic rings. The Bertz CT molecular complexity index is 470. The summed E-state index contributed by atoms with van der Waals surface area (Å²) in [4.78, 5) is 16.9. The van der Waals surface area contributed by atoms with Gasteiger partial charge in [0, 0.05) is 25.9 Å². The largest absolute Gasteiger partial charge is 0.478 e. The van der Waals surface area contributed by atoms with Crippen molar-refractivity contribution in [3.05, 3.63) is 30.0 Å². The fourth-order valence-corrected chi connectivity index (χ4v) is 2.27. The number of ether oxygens (including phenoxy) is 1. The van der Waals surface area contributed by atoms with Crippen molar-refractivity contribution in [2.24, 2.45) is 0 Å². The second-order valence-electron chi connectivity index (χ2n) is 4.66. The molecule has 1 aliphatic heterocycles. The van der Waals surface area contributed by atoms with Crippen LogP contribution in [-0.4, -0.2) is 41.9 Å². The van der Waals surface area contributed by atoms with Crippen molar-refractivity contribution in [2.75, 3.05) is 18.6 Å². The van der Waals surface area contributed by atoms with Crippen molar-refractivity contribution in [1.82, 2.24) is 4.98 Å². The quantitative estimate of drug-likeness (QED) is 0.838. The van der Waals surface area contributed by atoms with Crippen molar-refractivity contribution in [3.63, 3.8) is 0 Å². The molecule has 0 aliphatic carbocycles. The molecule has 1 aromatic heterocycles. The molecule has 1 aromatic rings. The molecule has 0 radical (unpaired) electrons. The summed E-state index contributed by atoms with van der Waals surface area (Å²) in [5.41, 5.74) is 0.773. The smallest absolute Gasteiger partial charge is 0.328 e. The van der Waals surface area contributed by atoms with Crippen LogP contribution < -0.4 is 4.90 Å². The van der Waals surface area contributed by atoms with E-state index in [-0.39, 0.29) is 6.10 Å². The maximum absolute atomic E-state index is 10.4. The number of carboxylic acids is 1. The van der Waals surface area contributed by atoms with Gasteiger partial charge in [0.2, 0.25) is 0 Å². The van der Waals surface area contributed by atoms with Crippen LogP contribution in [-0.2, 0) is 9.53 Å². The van der Waals surface area contributed by atoms with Crippen LogP contribution in [0.25, 0.3) is 6.08 Å². The van der Waals surface area contributed by atoms with Crippen LogP contribution in [0.4, 0.5) is 5.82 Å². The van der Waals surface area contributed by atoms with E-state index in [1.54, 1.807) is 6.20 Å². The van der Waals surface area contributed by atoms with Gasteiger partial charge in [-0.3, -0.25) is 0 Å². The number of hydrogen-bond donors (Lipinski definition) is 1. The predicted molar refractivity (Wildman–Crippen MR) is 73.1 cm³/mol. The van der Waals surface area contributed by atoms with Crippen LogP contribution in [0, 0.1) is 0 Å². The Hall–Kier alpha value is -1.88. The Balaban J connectivity index is 2.07. The highest BCUT2D eigenvalue weighted by Crippen LogP contribution is 2.22. The number of rotatable bonds is 4. The Labute approximate surface area is 112 Å². The van der Waals surface area contributed by atoms with E-state index in [4.69, 9.17) is 9.84 Å². The highest BCUT2D eigenvalue weighted by molar-refractivity contribution is 5.85. The fraction of sp³-hybridized carbons (Fsp3) is 0.429. The summed E-state index contributed by atoms with van der Waals surface area (Å²) < 4.78 is 5.55. The number of carboxylic acid groups (broad SMARTS) is 1. The molecule has 5 heteroatoms. The van der Waals surface area contributed by atoms with Gasteiger partial charge in [0.15, 0.2) is 0 Å². The van der Waals surface area contributed by atoms with Crippen LogP contribution in [0.2, 0.25) is 0 Å². The van der Waals surface area contributed by atoms with Crippen LogP contribution in [0.5, 0.6) is 0 Å². The maximum atomic E-state index is 10.4. The van der Waals surface area contributed by atoms with Crippen molar-refractivity contribution >= 4 is 17.9 Å². The Kier molecular flexibility index (Phi) is 4.16. The van der Waals surface area contributed by atoms with Gasteiger partial charge in [0.05, 0.1) is 12.1 Å². The van der Waals surface area contributed by atoms with E-state index in [2.05, 4.69) is 16.8 Å². The monoisotopic (exact) mass is 262 g/mol. The lowest BCUT2D eigenvalue weighted by Crippen LogP contribution is -2.37. The average Bonchev–Trinajstić information content (AvgIpc) is 2.82. The Morgan fingerprint density at radius 3 is 2.89 bits per heavy atom. The lowest BCUT2D eigenvalue weighted by Gasteiger charge is -2.27. The van der Waals surface area contributed by atoms with E-state index in [0.717, 1.165) is 30.5 Å². The van der Waals surface area contributed by atoms with Gasteiger partial charge in [-0.05, 0) is 37.1 Å². The highest BCUT2D eigenvalue weighted by Gasteiger charge is 2.28. The van der Waals surface area contributed by atoms with E-state index >= 15 is 0 Å². The SMILES string of the molecule is CC1OCCC1N(C)c1ccc(/C=C/C(=O)O)cn1. The molecule has 5 nitrogen and oxygen atoms in total. The highest BCUT2D eigenvalue weighted by atomic mass is 16.5. The van der Waals surface area contributed by atoms with Gasteiger partial charge < -0.3 is 14.7 Å². The number of hydrogen-bond acceptors (Lipinski definition) is 4. The molecule has 2 rings (SSSR count). The third-order valence-corrected chi connectivity index (χ3v) is 3.38. The summed E-state index contributed by atoms with van der Waals surface area (Å²) in [6.45, 7) is 2.85. The lowest BCUT2D eigenvalue weighted by atomic mass is 10.1. The van der Waals surface area contributed by atoms with Gasteiger partial charge in [-0.15, -0.1) is 0 Å². The molecule has 2 heterocycles. The number of carbonyl (C=O) groups is 1. The third-order valence-electron chi connectivity index (χ3n) is 3.38. The number of pyridine rings is 1. The van der Waals surface area contributed by atoms with Gasteiger partial charge >= 0.3 is 5.97 Å². The summed E-state index contributed by atoms with van der Waals surface area (Å²) in [7, 11) is 2.00. The van der Waals surface area contributed by atoms with E-state index in [0.29, 0.717) is 6.04 Å². The first-order chi connectivity index (χ1) is 9.08. The normalized spacial score (nSPS) is 22.8. The summed E-state index contributed by atoms with van der Waals surface area (Å²) in [5, 5.41) is 8.56. The summed E-state index contributed by atoms with van der Waals surface area (Å²) in [5.74, 6) is -0.0899. The summed E-state index contributed by atoms with van der Waals surface area (Å²) in [6, 6.07) is 4.10. The minimum Gasteiger partial charge on any atom is -0.478 e. The average molecular weight is 262 g/mol. The van der Waals surface area contributed by atoms with Gasteiger partial charge in [-0.25, -0.2) is 9.78 Å². The second-order valence-corrected chi connectivity index (χ2v) is 4.66. The number of aliphatic carboxylic acids is 1. The van der Waals surface area contributed by atoms with Crippen molar-refractivity contribution < 1.29 is 14.6 Å². The summed E-state index contributed by atoms with van der Waals surface area (Å²) >= 11 is 0. The minimum absolute atomic E-state index is 0.207.